The number of ketones is 1. The standard InChI is InChI=1S/C27H20F3NO7/c1-35-19-4-2-3-15(13-19)23-22(24(32)16-5-10-20-21(14-16)37-12-11-36-20)25(33)26(34)31(23)17-6-8-18(9-7-17)38-27(28,29)30/h2-10,13-14,23,32H,11-12H2,1H3/b24-22-. The topological polar surface area (TPSA) is 94.5 Å². The van der Waals surface area contributed by atoms with E-state index in [-0.39, 0.29) is 16.8 Å². The van der Waals surface area contributed by atoms with E-state index in [1.165, 1.54) is 31.4 Å². The van der Waals surface area contributed by atoms with Crippen LogP contribution in [0.1, 0.15) is 17.2 Å². The molecule has 0 saturated carbocycles. The van der Waals surface area contributed by atoms with Crippen molar-refractivity contribution < 1.29 is 46.8 Å². The first-order valence-corrected chi connectivity index (χ1v) is 11.4. The molecule has 3 aromatic rings. The second-order valence-electron chi connectivity index (χ2n) is 8.35. The normalized spacial score (nSPS) is 18.4. The number of nitrogens with zero attached hydrogens (tertiary/aromatic N) is 1. The van der Waals surface area contributed by atoms with Gasteiger partial charge in [-0.05, 0) is 60.2 Å². The molecule has 1 atom stereocenters. The molecule has 11 heteroatoms. The molecule has 3 aromatic carbocycles. The Balaban J connectivity index is 1.64. The van der Waals surface area contributed by atoms with E-state index in [2.05, 4.69) is 4.74 Å². The Morgan fingerprint density at radius 3 is 2.34 bits per heavy atom. The first-order chi connectivity index (χ1) is 18.2. The number of benzene rings is 3. The van der Waals surface area contributed by atoms with Crippen molar-refractivity contribution in [3.63, 3.8) is 0 Å². The molecule has 0 aliphatic carbocycles. The number of halogens is 3. The van der Waals surface area contributed by atoms with Crippen LogP contribution in [-0.4, -0.2) is 43.5 Å². The summed E-state index contributed by atoms with van der Waals surface area (Å²) in [5.41, 5.74) is 0.554. The highest BCUT2D eigenvalue weighted by atomic mass is 19.4. The number of hydrogen-bond donors (Lipinski definition) is 1. The zero-order valence-corrected chi connectivity index (χ0v) is 19.8. The van der Waals surface area contributed by atoms with Crippen LogP contribution in [0.5, 0.6) is 23.0 Å². The van der Waals surface area contributed by atoms with Gasteiger partial charge >= 0.3 is 6.36 Å². The SMILES string of the molecule is COc1cccc(C2/C(=C(/O)c3ccc4c(c3)OCCO4)C(=O)C(=O)N2c2ccc(OC(F)(F)F)cc2)c1. The van der Waals surface area contributed by atoms with Crippen LogP contribution < -0.4 is 23.8 Å². The molecule has 0 radical (unpaired) electrons. The predicted octanol–water partition coefficient (Wildman–Crippen LogP) is 4.99. The third-order valence-corrected chi connectivity index (χ3v) is 6.02. The number of carbonyl (C=O) groups is 2. The molecule has 5 rings (SSSR count). The average molecular weight is 527 g/mol. The molecule has 38 heavy (non-hydrogen) atoms. The van der Waals surface area contributed by atoms with Crippen molar-refractivity contribution in [3.05, 3.63) is 83.4 Å². The number of hydrogen-bond acceptors (Lipinski definition) is 7. The summed E-state index contributed by atoms with van der Waals surface area (Å²) in [4.78, 5) is 27.7. The number of methoxy groups -OCH3 is 1. The number of aliphatic hydroxyl groups is 1. The summed E-state index contributed by atoms with van der Waals surface area (Å²) < 4.78 is 58.2. The molecule has 1 amide bonds. The highest BCUT2D eigenvalue weighted by molar-refractivity contribution is 6.51. The Hall–Kier alpha value is -4.67. The lowest BCUT2D eigenvalue weighted by molar-refractivity contribution is -0.274. The second-order valence-corrected chi connectivity index (χ2v) is 8.35. The molecule has 1 N–H and O–H groups in total. The molecule has 8 nitrogen and oxygen atoms in total. The van der Waals surface area contributed by atoms with Gasteiger partial charge in [-0.25, -0.2) is 0 Å². The number of amides is 1. The van der Waals surface area contributed by atoms with Gasteiger partial charge in [0.2, 0.25) is 0 Å². The van der Waals surface area contributed by atoms with E-state index in [9.17, 15) is 27.9 Å². The summed E-state index contributed by atoms with van der Waals surface area (Å²) in [6.45, 7) is 0.672. The van der Waals surface area contributed by atoms with Gasteiger partial charge < -0.3 is 24.1 Å². The summed E-state index contributed by atoms with van der Waals surface area (Å²) in [7, 11) is 1.45. The molecule has 1 saturated heterocycles. The van der Waals surface area contributed by atoms with Gasteiger partial charge in [-0.2, -0.15) is 0 Å². The fourth-order valence-electron chi connectivity index (χ4n) is 4.38. The van der Waals surface area contributed by atoms with Crippen molar-refractivity contribution in [2.45, 2.75) is 12.4 Å². The maximum absolute atomic E-state index is 13.3. The van der Waals surface area contributed by atoms with Gasteiger partial charge in [-0.1, -0.05) is 12.1 Å². The van der Waals surface area contributed by atoms with E-state index in [4.69, 9.17) is 14.2 Å². The number of fused-ring (bicyclic) bond motifs is 1. The number of Topliss-reactive ketones (excluding diaryl/α,β-unsaturated/α-hetero) is 1. The van der Waals surface area contributed by atoms with Crippen molar-refractivity contribution in [1.82, 2.24) is 0 Å². The number of carbonyl (C=O) groups excluding carboxylic acids is 2. The van der Waals surface area contributed by atoms with Gasteiger partial charge in [0.05, 0.1) is 18.7 Å². The zero-order chi connectivity index (χ0) is 27.0. The van der Waals surface area contributed by atoms with Gasteiger partial charge in [0.25, 0.3) is 11.7 Å². The summed E-state index contributed by atoms with van der Waals surface area (Å²) >= 11 is 0. The van der Waals surface area contributed by atoms with Gasteiger partial charge in [0.1, 0.15) is 30.5 Å². The van der Waals surface area contributed by atoms with Crippen molar-refractivity contribution >= 4 is 23.1 Å². The Kier molecular flexibility index (Phi) is 6.35. The van der Waals surface area contributed by atoms with E-state index in [0.29, 0.717) is 36.0 Å². The van der Waals surface area contributed by atoms with Crippen LogP contribution in [0.3, 0.4) is 0 Å². The monoisotopic (exact) mass is 527 g/mol. The third-order valence-electron chi connectivity index (χ3n) is 6.02. The van der Waals surface area contributed by atoms with Crippen molar-refractivity contribution in [1.29, 1.82) is 0 Å². The Labute approximate surface area is 214 Å². The van der Waals surface area contributed by atoms with E-state index in [0.717, 1.165) is 17.0 Å². The second kappa shape index (κ2) is 9.66. The molecular weight excluding hydrogens is 507 g/mol. The van der Waals surface area contributed by atoms with E-state index >= 15 is 0 Å². The lowest BCUT2D eigenvalue weighted by atomic mass is 9.94. The molecule has 0 spiro atoms. The van der Waals surface area contributed by atoms with E-state index in [1.807, 2.05) is 0 Å². The van der Waals surface area contributed by atoms with Gasteiger partial charge in [-0.15, -0.1) is 13.2 Å². The molecule has 196 valence electrons. The average Bonchev–Trinajstić information content (AvgIpc) is 3.17. The van der Waals surface area contributed by atoms with Crippen molar-refractivity contribution in [2.75, 3.05) is 25.2 Å². The van der Waals surface area contributed by atoms with E-state index in [1.54, 1.807) is 30.3 Å². The fraction of sp³-hybridized carbons (Fsp3) is 0.185. The number of anilines is 1. The largest absolute Gasteiger partial charge is 0.573 e. The van der Waals surface area contributed by atoms with Crippen LogP contribution in [0.2, 0.25) is 0 Å². The Morgan fingerprint density at radius 1 is 0.947 bits per heavy atom. The number of ether oxygens (including phenoxy) is 4. The minimum absolute atomic E-state index is 0.121. The van der Waals surface area contributed by atoms with Crippen LogP contribution in [-0.2, 0) is 9.59 Å². The molecule has 2 heterocycles. The number of rotatable bonds is 5. The first kappa shape index (κ1) is 25.0. The third kappa shape index (κ3) is 4.70. The van der Waals surface area contributed by atoms with Crippen LogP contribution in [0.15, 0.2) is 72.3 Å². The lowest BCUT2D eigenvalue weighted by Gasteiger charge is -2.26. The van der Waals surface area contributed by atoms with Gasteiger partial charge in [0, 0.05) is 11.3 Å². The predicted molar refractivity (Wildman–Crippen MR) is 128 cm³/mol. The number of alkyl halides is 3. The lowest BCUT2D eigenvalue weighted by Crippen LogP contribution is -2.29. The molecule has 1 unspecified atom stereocenters. The van der Waals surface area contributed by atoms with E-state index < -0.39 is 35.6 Å². The van der Waals surface area contributed by atoms with Gasteiger partial charge in [-0.3, -0.25) is 14.5 Å². The summed E-state index contributed by atoms with van der Waals surface area (Å²) in [5.74, 6) is -1.62. The first-order valence-electron chi connectivity index (χ1n) is 11.4. The van der Waals surface area contributed by atoms with Crippen molar-refractivity contribution in [3.8, 4) is 23.0 Å². The maximum atomic E-state index is 13.3. The highest BCUT2D eigenvalue weighted by Crippen LogP contribution is 2.44. The van der Waals surface area contributed by atoms with Crippen LogP contribution in [0.25, 0.3) is 5.76 Å². The van der Waals surface area contributed by atoms with Crippen LogP contribution in [0, 0.1) is 0 Å². The molecule has 2 aliphatic heterocycles. The zero-order valence-electron chi connectivity index (χ0n) is 19.8. The number of aliphatic hydroxyl groups excluding tert-OH is 1. The Bertz CT molecular complexity index is 1430. The molecule has 0 aromatic heterocycles. The van der Waals surface area contributed by atoms with Crippen LogP contribution in [0.4, 0.5) is 18.9 Å². The van der Waals surface area contributed by atoms with Crippen LogP contribution >= 0.6 is 0 Å². The Morgan fingerprint density at radius 2 is 1.66 bits per heavy atom. The minimum Gasteiger partial charge on any atom is -0.507 e. The summed E-state index contributed by atoms with van der Waals surface area (Å²) in [5, 5.41) is 11.3. The maximum Gasteiger partial charge on any atom is 0.573 e. The molecule has 0 bridgehead atoms. The van der Waals surface area contributed by atoms with Crippen molar-refractivity contribution in [2.24, 2.45) is 0 Å². The van der Waals surface area contributed by atoms with Gasteiger partial charge in [0.15, 0.2) is 11.5 Å². The molecule has 1 fully saturated rings. The molecular formula is C27H20F3NO7. The quantitative estimate of drug-likeness (QED) is 0.284. The summed E-state index contributed by atoms with van der Waals surface area (Å²) in [6, 6.07) is 14.6. The minimum atomic E-state index is -4.89. The highest BCUT2D eigenvalue weighted by Gasteiger charge is 2.47. The fourth-order valence-corrected chi connectivity index (χ4v) is 4.38. The molecule has 2 aliphatic rings. The summed E-state index contributed by atoms with van der Waals surface area (Å²) in [6.07, 6.45) is -4.89. The smallest absolute Gasteiger partial charge is 0.507 e.